The van der Waals surface area contributed by atoms with Crippen molar-refractivity contribution in [1.29, 1.82) is 0 Å². The van der Waals surface area contributed by atoms with Crippen LogP contribution >= 0.6 is 0 Å². The van der Waals surface area contributed by atoms with Gasteiger partial charge in [-0.2, -0.15) is 13.2 Å². The van der Waals surface area contributed by atoms with E-state index in [2.05, 4.69) is 28.0 Å². The van der Waals surface area contributed by atoms with Crippen LogP contribution in [0.4, 0.5) is 23.2 Å². The molecular formula is C29H37F4N5O. The van der Waals surface area contributed by atoms with Gasteiger partial charge < -0.3 is 10.6 Å². The van der Waals surface area contributed by atoms with E-state index < -0.39 is 30.0 Å². The van der Waals surface area contributed by atoms with Gasteiger partial charge in [0.15, 0.2) is 0 Å². The topological polar surface area (TPSA) is 68.4 Å². The molecule has 4 fully saturated rings. The summed E-state index contributed by atoms with van der Waals surface area (Å²) in [4.78, 5) is 12.4. The van der Waals surface area contributed by atoms with Crippen LogP contribution in [0.2, 0.25) is 0 Å². The third-order valence-electron chi connectivity index (χ3n) is 9.36. The summed E-state index contributed by atoms with van der Waals surface area (Å²) in [5.41, 5.74) is 4.22. The van der Waals surface area contributed by atoms with Crippen LogP contribution in [0.15, 0.2) is 42.5 Å². The molecule has 0 radical (unpaired) electrons. The second-order valence-corrected chi connectivity index (χ2v) is 12.0. The van der Waals surface area contributed by atoms with Crippen LogP contribution in [0.25, 0.3) is 0 Å². The highest BCUT2D eigenvalue weighted by atomic mass is 19.4. The Labute approximate surface area is 226 Å². The van der Waals surface area contributed by atoms with Gasteiger partial charge in [0.1, 0.15) is 12.2 Å². The van der Waals surface area contributed by atoms with Crippen molar-refractivity contribution in [2.45, 2.75) is 68.6 Å². The Hall–Kier alpha value is -2.43. The predicted molar refractivity (Wildman–Crippen MR) is 141 cm³/mol. The van der Waals surface area contributed by atoms with E-state index in [1.807, 2.05) is 18.1 Å². The molecule has 6 rings (SSSR count). The van der Waals surface area contributed by atoms with Crippen molar-refractivity contribution in [3.8, 4) is 0 Å². The second-order valence-electron chi connectivity index (χ2n) is 12.0. The number of benzene rings is 1. The van der Waals surface area contributed by atoms with E-state index in [1.54, 1.807) is 24.3 Å². The first-order chi connectivity index (χ1) is 18.6. The van der Waals surface area contributed by atoms with Gasteiger partial charge in [-0.15, -0.1) is 0 Å². The smallest absolute Gasteiger partial charge is 0.379 e. The summed E-state index contributed by atoms with van der Waals surface area (Å²) < 4.78 is 56.8. The Bertz CT molecular complexity index is 1150. The lowest BCUT2D eigenvalue weighted by Gasteiger charge is -2.36. The highest BCUT2D eigenvalue weighted by Gasteiger charge is 2.60. The van der Waals surface area contributed by atoms with Gasteiger partial charge in [-0.05, 0) is 73.0 Å². The fourth-order valence-corrected chi connectivity index (χ4v) is 7.07. The van der Waals surface area contributed by atoms with E-state index in [0.717, 1.165) is 24.9 Å². The van der Waals surface area contributed by atoms with Crippen molar-refractivity contribution in [3.63, 3.8) is 0 Å². The molecule has 1 saturated heterocycles. The molecule has 1 aromatic rings. The molecule has 212 valence electrons. The summed E-state index contributed by atoms with van der Waals surface area (Å²) in [5.74, 6) is 1.74. The molecular weight excluding hydrogens is 510 g/mol. The molecule has 0 aromatic heterocycles. The van der Waals surface area contributed by atoms with Gasteiger partial charge in [0, 0.05) is 37.4 Å². The molecule has 4 N–H and O–H groups in total. The number of hydrogen-bond donors (Lipinski definition) is 4. The number of carbonyl (C=O) groups excluding carboxylic acids is 1. The van der Waals surface area contributed by atoms with Gasteiger partial charge >= 0.3 is 6.18 Å². The van der Waals surface area contributed by atoms with E-state index in [1.165, 1.54) is 6.42 Å². The summed E-state index contributed by atoms with van der Waals surface area (Å²) in [6.45, 7) is 4.45. The quantitative estimate of drug-likeness (QED) is 0.307. The van der Waals surface area contributed by atoms with Gasteiger partial charge in [0.25, 0.3) is 0 Å². The Morgan fingerprint density at radius 3 is 2.77 bits per heavy atom. The first-order valence-electron chi connectivity index (χ1n) is 14.1. The normalized spacial score (nSPS) is 37.4. The molecule has 0 bridgehead atoms. The van der Waals surface area contributed by atoms with Crippen LogP contribution in [-0.4, -0.2) is 61.5 Å². The fraction of sp³-hybridized carbons (Fsp3) is 0.621. The molecule has 1 aromatic carbocycles. The number of hydrogen-bond acceptors (Lipinski definition) is 5. The molecule has 3 aliphatic carbocycles. The maximum atomic E-state index is 15.4. The average Bonchev–Trinajstić information content (AvgIpc) is 3.80. The molecule has 9 atom stereocenters. The van der Waals surface area contributed by atoms with Crippen molar-refractivity contribution >= 4 is 11.6 Å². The monoisotopic (exact) mass is 547 g/mol. The number of fused-ring (bicyclic) bond motifs is 4. The Kier molecular flexibility index (Phi) is 7.00. The lowest BCUT2D eigenvalue weighted by atomic mass is 9.85. The molecule has 0 spiro atoms. The number of halogens is 4. The maximum absolute atomic E-state index is 15.4. The van der Waals surface area contributed by atoms with Crippen LogP contribution in [0.3, 0.4) is 0 Å². The lowest BCUT2D eigenvalue weighted by Crippen LogP contribution is -2.44. The second kappa shape index (κ2) is 10.2. The van der Waals surface area contributed by atoms with E-state index in [-0.39, 0.29) is 30.5 Å². The maximum Gasteiger partial charge on any atom is 0.413 e. The van der Waals surface area contributed by atoms with Crippen molar-refractivity contribution in [1.82, 2.24) is 21.1 Å². The summed E-state index contributed by atoms with van der Waals surface area (Å²) in [7, 11) is 1.88. The Balaban J connectivity index is 1.19. The molecule has 1 amide bonds. The van der Waals surface area contributed by atoms with Crippen LogP contribution in [-0.2, 0) is 11.2 Å². The van der Waals surface area contributed by atoms with E-state index >= 15 is 4.39 Å². The zero-order valence-corrected chi connectivity index (χ0v) is 22.1. The Morgan fingerprint density at radius 2 is 2.03 bits per heavy atom. The highest BCUT2D eigenvalue weighted by molar-refractivity contribution is 5.82. The number of carbonyl (C=O) groups is 1. The molecule has 3 saturated carbocycles. The van der Waals surface area contributed by atoms with Crippen LogP contribution in [0, 0.1) is 23.7 Å². The predicted octanol–water partition coefficient (Wildman–Crippen LogP) is 4.04. The molecule has 10 heteroatoms. The van der Waals surface area contributed by atoms with Gasteiger partial charge in [0.05, 0.1) is 12.1 Å². The van der Waals surface area contributed by atoms with Crippen LogP contribution in [0.5, 0.6) is 0 Å². The summed E-state index contributed by atoms with van der Waals surface area (Å²) >= 11 is 0. The largest absolute Gasteiger partial charge is 0.413 e. The zero-order chi connectivity index (χ0) is 27.5. The van der Waals surface area contributed by atoms with Crippen molar-refractivity contribution in [2.75, 3.05) is 25.5 Å². The third kappa shape index (κ3) is 5.47. The first-order valence-corrected chi connectivity index (χ1v) is 14.1. The SMILES string of the molecule is C=C(C1NC(/C=C/CNC(=O)C2CCN(C)N2)Cc2c(N[C@@H]3C[C@H]4CC4C4C[C@H]4[C@@H]3F)cccc21)C(F)(F)F. The number of alkyl halides is 4. The molecule has 5 aliphatic rings. The lowest BCUT2D eigenvalue weighted by molar-refractivity contribution is -0.123. The molecule has 6 nitrogen and oxygen atoms in total. The van der Waals surface area contributed by atoms with Gasteiger partial charge in [0.2, 0.25) is 5.91 Å². The van der Waals surface area contributed by atoms with E-state index in [4.69, 9.17) is 0 Å². The molecule has 5 unspecified atom stereocenters. The van der Waals surface area contributed by atoms with Crippen molar-refractivity contribution < 1.29 is 22.4 Å². The average molecular weight is 548 g/mol. The van der Waals surface area contributed by atoms with Crippen molar-refractivity contribution in [2.24, 2.45) is 23.7 Å². The highest BCUT2D eigenvalue weighted by Crippen LogP contribution is 2.64. The molecule has 2 aliphatic heterocycles. The minimum absolute atomic E-state index is 0.110. The molecule has 2 heterocycles. The standard InChI is InChI=1S/C29H37F4N5O/c1-15(29(31,32)33)27-18-6-3-7-23(36-25-12-16-11-19(16)20-14-22(20)26(25)30)21(18)13-17(35-27)5-4-9-34-28(39)24-8-10-38(2)37-24/h3-7,16-17,19-20,22,24-27,35-37H,1,8-14H2,2H3,(H,34,39)/b5-4+/t16-,17?,19?,20?,22-,24?,25-,26+,27?/m1/s1. The van der Waals surface area contributed by atoms with Gasteiger partial charge in [-0.3, -0.25) is 10.1 Å². The minimum Gasteiger partial charge on any atom is -0.379 e. The number of hydrazine groups is 1. The minimum atomic E-state index is -4.56. The van der Waals surface area contributed by atoms with E-state index in [9.17, 15) is 18.0 Å². The number of rotatable bonds is 7. The first kappa shape index (κ1) is 26.8. The fourth-order valence-electron chi connectivity index (χ4n) is 7.07. The van der Waals surface area contributed by atoms with Gasteiger partial charge in [-0.25, -0.2) is 14.8 Å². The van der Waals surface area contributed by atoms with Crippen LogP contribution < -0.4 is 21.4 Å². The van der Waals surface area contributed by atoms with E-state index in [0.29, 0.717) is 41.8 Å². The van der Waals surface area contributed by atoms with Crippen LogP contribution in [0.1, 0.15) is 42.9 Å². The molecule has 39 heavy (non-hydrogen) atoms. The number of nitrogens with zero attached hydrogens (tertiary/aromatic N) is 1. The van der Waals surface area contributed by atoms with Gasteiger partial charge in [-0.1, -0.05) is 30.9 Å². The number of amides is 1. The zero-order valence-electron chi connectivity index (χ0n) is 22.1. The third-order valence-corrected chi connectivity index (χ3v) is 9.36. The summed E-state index contributed by atoms with van der Waals surface area (Å²) in [6, 6.07) is 3.17. The number of nitrogens with one attached hydrogen (secondary N) is 4. The Morgan fingerprint density at radius 1 is 1.21 bits per heavy atom. The number of anilines is 1. The van der Waals surface area contributed by atoms with Crippen molar-refractivity contribution in [3.05, 3.63) is 53.6 Å². The summed E-state index contributed by atoms with van der Waals surface area (Å²) in [5, 5.41) is 11.3. The summed E-state index contributed by atoms with van der Waals surface area (Å²) in [6.07, 6.45) is 2.14.